The lowest BCUT2D eigenvalue weighted by Gasteiger charge is -2.14. The van der Waals surface area contributed by atoms with Gasteiger partial charge in [-0.05, 0) is 72.1 Å². The number of rotatable bonds is 3. The van der Waals surface area contributed by atoms with Gasteiger partial charge in [-0.3, -0.25) is 0 Å². The van der Waals surface area contributed by atoms with Crippen LogP contribution in [-0.2, 0) is 0 Å². The number of nitrogens with one attached hydrogen (secondary N) is 1. The molecule has 1 N–H and O–H groups in total. The van der Waals surface area contributed by atoms with Crippen LogP contribution in [0.4, 0.5) is 0 Å². The van der Waals surface area contributed by atoms with Crippen molar-refractivity contribution in [2.24, 2.45) is 0 Å². The molecule has 0 fully saturated rings. The Morgan fingerprint density at radius 1 is 1.31 bits per heavy atom. The maximum atomic E-state index is 3.41. The number of aryl methyl sites for hydroxylation is 2. The third-order valence-corrected chi connectivity index (χ3v) is 5.39. The molecule has 2 aromatic rings. The molecule has 16 heavy (non-hydrogen) atoms. The summed E-state index contributed by atoms with van der Waals surface area (Å²) in [5.41, 5.74) is 2.79. The standard InChI is InChI=1S/C12H14INS2/c1-7-4-10(8(2)16-7)12(14-3)9-5-11(13)15-6-9/h4-6,12,14H,1-3H3. The first kappa shape index (κ1) is 12.5. The average molecular weight is 363 g/mol. The second-order valence-corrected chi connectivity index (χ2v) is 8.04. The fourth-order valence-electron chi connectivity index (χ4n) is 1.91. The SMILES string of the molecule is CNC(c1csc(I)c1)c1cc(C)sc1C. The highest BCUT2D eigenvalue weighted by molar-refractivity contribution is 14.1. The van der Waals surface area contributed by atoms with Crippen LogP contribution in [0.5, 0.6) is 0 Å². The Morgan fingerprint density at radius 2 is 2.06 bits per heavy atom. The van der Waals surface area contributed by atoms with Crippen molar-refractivity contribution < 1.29 is 0 Å². The van der Waals surface area contributed by atoms with Gasteiger partial charge in [-0.2, -0.15) is 0 Å². The first-order valence-corrected chi connectivity index (χ1v) is 7.87. The molecule has 0 aliphatic heterocycles. The molecule has 0 aliphatic rings. The summed E-state index contributed by atoms with van der Waals surface area (Å²) in [6.07, 6.45) is 0. The van der Waals surface area contributed by atoms with Gasteiger partial charge in [0.05, 0.1) is 8.93 Å². The molecular formula is C12H14INS2. The van der Waals surface area contributed by atoms with Crippen molar-refractivity contribution >= 4 is 45.3 Å². The van der Waals surface area contributed by atoms with Gasteiger partial charge in [-0.1, -0.05) is 0 Å². The maximum absolute atomic E-state index is 3.41. The summed E-state index contributed by atoms with van der Waals surface area (Å²) >= 11 is 6.06. The molecule has 0 bridgehead atoms. The van der Waals surface area contributed by atoms with E-state index in [-0.39, 0.29) is 0 Å². The van der Waals surface area contributed by atoms with Crippen LogP contribution in [0.15, 0.2) is 17.5 Å². The van der Waals surface area contributed by atoms with E-state index in [1.165, 1.54) is 23.8 Å². The van der Waals surface area contributed by atoms with Gasteiger partial charge in [0.1, 0.15) is 0 Å². The molecular weight excluding hydrogens is 349 g/mol. The van der Waals surface area contributed by atoms with E-state index in [2.05, 4.69) is 59.3 Å². The second kappa shape index (κ2) is 5.16. The van der Waals surface area contributed by atoms with E-state index in [1.54, 1.807) is 11.3 Å². The van der Waals surface area contributed by atoms with E-state index in [0.717, 1.165) is 0 Å². The number of hydrogen-bond donors (Lipinski definition) is 1. The van der Waals surface area contributed by atoms with Crippen LogP contribution in [0.1, 0.15) is 26.9 Å². The summed E-state index contributed by atoms with van der Waals surface area (Å²) in [6.45, 7) is 4.37. The first-order chi connectivity index (χ1) is 7.61. The molecule has 0 aliphatic carbocycles. The molecule has 1 unspecified atom stereocenters. The van der Waals surface area contributed by atoms with Crippen molar-refractivity contribution in [1.82, 2.24) is 5.32 Å². The van der Waals surface area contributed by atoms with Gasteiger partial charge in [-0.15, -0.1) is 22.7 Å². The molecule has 0 amide bonds. The summed E-state index contributed by atoms with van der Waals surface area (Å²) in [7, 11) is 2.03. The van der Waals surface area contributed by atoms with Crippen molar-refractivity contribution in [2.45, 2.75) is 19.9 Å². The summed E-state index contributed by atoms with van der Waals surface area (Å²) in [5, 5.41) is 5.66. The minimum absolute atomic E-state index is 0.338. The van der Waals surface area contributed by atoms with Crippen LogP contribution in [0, 0.1) is 16.7 Å². The molecule has 2 rings (SSSR count). The summed E-state index contributed by atoms with van der Waals surface area (Å²) in [4.78, 5) is 2.80. The van der Waals surface area contributed by atoms with Gasteiger partial charge in [-0.25, -0.2) is 0 Å². The van der Waals surface area contributed by atoms with Crippen molar-refractivity contribution in [1.29, 1.82) is 0 Å². The van der Waals surface area contributed by atoms with E-state index < -0.39 is 0 Å². The first-order valence-electron chi connectivity index (χ1n) is 5.10. The van der Waals surface area contributed by atoms with Gasteiger partial charge in [0.15, 0.2) is 0 Å². The van der Waals surface area contributed by atoms with E-state index in [1.807, 2.05) is 18.4 Å². The van der Waals surface area contributed by atoms with Gasteiger partial charge in [0.2, 0.25) is 0 Å². The predicted octanol–water partition coefficient (Wildman–Crippen LogP) is 4.34. The zero-order valence-electron chi connectivity index (χ0n) is 9.50. The highest BCUT2D eigenvalue weighted by atomic mass is 127. The van der Waals surface area contributed by atoms with Gasteiger partial charge < -0.3 is 5.32 Å². The number of hydrogen-bond acceptors (Lipinski definition) is 3. The van der Waals surface area contributed by atoms with Crippen LogP contribution in [0.2, 0.25) is 0 Å². The number of halogens is 1. The van der Waals surface area contributed by atoms with Gasteiger partial charge in [0, 0.05) is 9.75 Å². The van der Waals surface area contributed by atoms with Crippen LogP contribution >= 0.6 is 45.3 Å². The lowest BCUT2D eigenvalue weighted by molar-refractivity contribution is 0.693. The van der Waals surface area contributed by atoms with Crippen LogP contribution in [0.3, 0.4) is 0 Å². The average Bonchev–Trinajstić information content (AvgIpc) is 2.76. The Morgan fingerprint density at radius 3 is 2.50 bits per heavy atom. The maximum Gasteiger partial charge on any atom is 0.0656 e. The molecule has 0 aromatic carbocycles. The largest absolute Gasteiger partial charge is 0.309 e. The van der Waals surface area contributed by atoms with E-state index in [4.69, 9.17) is 0 Å². The zero-order chi connectivity index (χ0) is 11.7. The van der Waals surface area contributed by atoms with Crippen LogP contribution in [-0.4, -0.2) is 7.05 Å². The minimum Gasteiger partial charge on any atom is -0.309 e. The van der Waals surface area contributed by atoms with Crippen molar-refractivity contribution in [3.8, 4) is 0 Å². The van der Waals surface area contributed by atoms with E-state index in [9.17, 15) is 0 Å². The Kier molecular flexibility index (Phi) is 4.05. The monoisotopic (exact) mass is 363 g/mol. The zero-order valence-corrected chi connectivity index (χ0v) is 13.3. The predicted molar refractivity (Wildman–Crippen MR) is 81.7 cm³/mol. The molecule has 2 aromatic heterocycles. The fraction of sp³-hybridized carbons (Fsp3) is 0.333. The normalized spacial score (nSPS) is 13.0. The summed E-state index contributed by atoms with van der Waals surface area (Å²) < 4.78 is 1.34. The molecule has 0 saturated heterocycles. The third kappa shape index (κ3) is 2.50. The molecule has 2 heterocycles. The fourth-order valence-corrected chi connectivity index (χ4v) is 4.27. The van der Waals surface area contributed by atoms with E-state index >= 15 is 0 Å². The second-order valence-electron chi connectivity index (χ2n) is 3.77. The van der Waals surface area contributed by atoms with E-state index in [0.29, 0.717) is 6.04 Å². The topological polar surface area (TPSA) is 12.0 Å². The Balaban J connectivity index is 2.40. The van der Waals surface area contributed by atoms with Crippen molar-refractivity contribution in [3.05, 3.63) is 41.3 Å². The Hall–Kier alpha value is 0.0900. The molecule has 0 saturated carbocycles. The lowest BCUT2D eigenvalue weighted by atomic mass is 10.0. The highest BCUT2D eigenvalue weighted by Gasteiger charge is 2.17. The van der Waals surface area contributed by atoms with Crippen molar-refractivity contribution in [3.63, 3.8) is 0 Å². The van der Waals surface area contributed by atoms with Crippen LogP contribution in [0.25, 0.3) is 0 Å². The quantitative estimate of drug-likeness (QED) is 0.800. The molecule has 1 nitrogen and oxygen atoms in total. The minimum atomic E-state index is 0.338. The summed E-state index contributed by atoms with van der Waals surface area (Å²) in [6, 6.07) is 4.90. The number of thiophene rings is 2. The smallest absolute Gasteiger partial charge is 0.0656 e. The van der Waals surface area contributed by atoms with Crippen molar-refractivity contribution in [2.75, 3.05) is 7.05 Å². The molecule has 4 heteroatoms. The molecule has 86 valence electrons. The lowest BCUT2D eigenvalue weighted by Crippen LogP contribution is -2.17. The Bertz CT molecular complexity index is 487. The molecule has 0 radical (unpaired) electrons. The highest BCUT2D eigenvalue weighted by Crippen LogP contribution is 2.32. The Labute approximate surface area is 118 Å². The molecule has 1 atom stereocenters. The molecule has 0 spiro atoms. The van der Waals surface area contributed by atoms with Crippen LogP contribution < -0.4 is 5.32 Å². The third-order valence-electron chi connectivity index (χ3n) is 2.60. The van der Waals surface area contributed by atoms with Gasteiger partial charge in [0.25, 0.3) is 0 Å². The van der Waals surface area contributed by atoms with Gasteiger partial charge >= 0.3 is 0 Å². The summed E-state index contributed by atoms with van der Waals surface area (Å²) in [5.74, 6) is 0.